The molecule has 0 aromatic carbocycles. The summed E-state index contributed by atoms with van der Waals surface area (Å²) in [5.74, 6) is 2.15. The predicted molar refractivity (Wildman–Crippen MR) is 75.8 cm³/mol. The minimum Gasteiger partial charge on any atom is -0.409 e. The number of nitrogens with two attached hydrogens (primary N) is 1. The van der Waals surface area contributed by atoms with Gasteiger partial charge in [-0.3, -0.25) is 0 Å². The first kappa shape index (κ1) is 15.3. The lowest BCUT2D eigenvalue weighted by molar-refractivity contribution is 0.304. The first-order valence-electron chi connectivity index (χ1n) is 7.16. The molecule has 1 fully saturated rings. The Balaban J connectivity index is 2.00. The lowest BCUT2D eigenvalue weighted by atomic mass is 9.86. The zero-order valence-electron chi connectivity index (χ0n) is 12.1. The standard InChI is InChI=1S/C14H29N3O/c1-11(12-6-7-12)10-16-9-5-4-8-14(2,3)13(15)17-18/h11-12,16,18H,4-10H2,1-3H3,(H2,15,17). The first-order valence-corrected chi connectivity index (χ1v) is 7.16. The summed E-state index contributed by atoms with van der Waals surface area (Å²) in [4.78, 5) is 0. The molecule has 1 rings (SSSR count). The van der Waals surface area contributed by atoms with E-state index in [2.05, 4.69) is 17.4 Å². The van der Waals surface area contributed by atoms with Crippen molar-refractivity contribution in [2.24, 2.45) is 28.1 Å². The zero-order valence-corrected chi connectivity index (χ0v) is 12.1. The van der Waals surface area contributed by atoms with Gasteiger partial charge in [0.15, 0.2) is 0 Å². The van der Waals surface area contributed by atoms with Crippen LogP contribution in [0.3, 0.4) is 0 Å². The van der Waals surface area contributed by atoms with Crippen LogP contribution in [0.1, 0.15) is 52.9 Å². The number of oxime groups is 1. The first-order chi connectivity index (χ1) is 8.47. The van der Waals surface area contributed by atoms with E-state index in [-0.39, 0.29) is 5.41 Å². The number of rotatable bonds is 9. The lowest BCUT2D eigenvalue weighted by Crippen LogP contribution is -2.32. The van der Waals surface area contributed by atoms with Crippen molar-refractivity contribution >= 4 is 5.84 Å². The summed E-state index contributed by atoms with van der Waals surface area (Å²) in [5, 5.41) is 15.3. The van der Waals surface area contributed by atoms with Crippen molar-refractivity contribution in [2.75, 3.05) is 13.1 Å². The topological polar surface area (TPSA) is 70.6 Å². The van der Waals surface area contributed by atoms with Gasteiger partial charge in [0.1, 0.15) is 5.84 Å². The molecule has 0 radical (unpaired) electrons. The van der Waals surface area contributed by atoms with Gasteiger partial charge in [0.2, 0.25) is 0 Å². The van der Waals surface area contributed by atoms with E-state index in [9.17, 15) is 0 Å². The second-order valence-corrected chi connectivity index (χ2v) is 6.35. The SMILES string of the molecule is CC(CNCCCCC(C)(C)C(N)=NO)C1CC1. The third-order valence-electron chi connectivity index (χ3n) is 4.10. The van der Waals surface area contributed by atoms with Gasteiger partial charge >= 0.3 is 0 Å². The molecule has 18 heavy (non-hydrogen) atoms. The molecule has 0 saturated heterocycles. The lowest BCUT2D eigenvalue weighted by Gasteiger charge is -2.22. The van der Waals surface area contributed by atoms with Crippen molar-refractivity contribution in [1.82, 2.24) is 5.32 Å². The monoisotopic (exact) mass is 255 g/mol. The molecule has 0 spiro atoms. The van der Waals surface area contributed by atoms with Crippen molar-refractivity contribution in [3.05, 3.63) is 0 Å². The van der Waals surface area contributed by atoms with E-state index in [0.717, 1.165) is 44.2 Å². The van der Waals surface area contributed by atoms with Gasteiger partial charge in [0.25, 0.3) is 0 Å². The second kappa shape index (κ2) is 6.98. The molecule has 0 amide bonds. The third kappa shape index (κ3) is 5.25. The highest BCUT2D eigenvalue weighted by Gasteiger charge is 2.27. The quantitative estimate of drug-likeness (QED) is 0.195. The van der Waals surface area contributed by atoms with Crippen LogP contribution in [-0.4, -0.2) is 24.1 Å². The fourth-order valence-electron chi connectivity index (χ4n) is 2.24. The Hall–Kier alpha value is -0.770. The van der Waals surface area contributed by atoms with Crippen LogP contribution in [0, 0.1) is 17.3 Å². The maximum Gasteiger partial charge on any atom is 0.144 e. The molecule has 1 aliphatic carbocycles. The Bertz CT molecular complexity index is 272. The molecule has 4 heteroatoms. The minimum atomic E-state index is -0.198. The Labute approximate surface area is 111 Å². The summed E-state index contributed by atoms with van der Waals surface area (Å²) in [5.41, 5.74) is 5.46. The molecule has 4 nitrogen and oxygen atoms in total. The van der Waals surface area contributed by atoms with Gasteiger partial charge in [-0.05, 0) is 50.6 Å². The van der Waals surface area contributed by atoms with Crippen LogP contribution in [-0.2, 0) is 0 Å². The van der Waals surface area contributed by atoms with Crippen LogP contribution in [0.15, 0.2) is 5.16 Å². The Morgan fingerprint density at radius 3 is 2.67 bits per heavy atom. The van der Waals surface area contributed by atoms with Gasteiger partial charge in [-0.15, -0.1) is 0 Å². The van der Waals surface area contributed by atoms with Crippen molar-refractivity contribution in [1.29, 1.82) is 0 Å². The van der Waals surface area contributed by atoms with Gasteiger partial charge in [-0.2, -0.15) is 0 Å². The third-order valence-corrected chi connectivity index (χ3v) is 4.10. The molecule has 1 saturated carbocycles. The molecule has 1 unspecified atom stereocenters. The number of nitrogens with one attached hydrogen (secondary N) is 1. The average Bonchev–Trinajstić information content (AvgIpc) is 3.16. The smallest absolute Gasteiger partial charge is 0.144 e. The van der Waals surface area contributed by atoms with E-state index < -0.39 is 0 Å². The highest BCUT2D eigenvalue weighted by atomic mass is 16.4. The largest absolute Gasteiger partial charge is 0.409 e. The molecule has 0 aromatic rings. The molecule has 0 bridgehead atoms. The minimum absolute atomic E-state index is 0.198. The van der Waals surface area contributed by atoms with E-state index in [1.165, 1.54) is 12.8 Å². The fraction of sp³-hybridized carbons (Fsp3) is 0.929. The summed E-state index contributed by atoms with van der Waals surface area (Å²) in [6.45, 7) is 8.60. The molecular weight excluding hydrogens is 226 g/mol. The van der Waals surface area contributed by atoms with Crippen LogP contribution < -0.4 is 11.1 Å². The average molecular weight is 255 g/mol. The molecule has 0 aliphatic heterocycles. The highest BCUT2D eigenvalue weighted by molar-refractivity contribution is 5.85. The van der Waals surface area contributed by atoms with Crippen LogP contribution in [0.4, 0.5) is 0 Å². The summed E-state index contributed by atoms with van der Waals surface area (Å²) < 4.78 is 0. The number of hydrogen-bond acceptors (Lipinski definition) is 3. The van der Waals surface area contributed by atoms with Gasteiger partial charge in [-0.25, -0.2) is 0 Å². The molecule has 1 atom stereocenters. The van der Waals surface area contributed by atoms with Gasteiger partial charge in [-0.1, -0.05) is 32.3 Å². The predicted octanol–water partition coefficient (Wildman–Crippen LogP) is 2.57. The Kier molecular flexibility index (Phi) is 5.93. The van der Waals surface area contributed by atoms with E-state index in [1.54, 1.807) is 0 Å². The van der Waals surface area contributed by atoms with Gasteiger partial charge in [0, 0.05) is 5.41 Å². The fourth-order valence-corrected chi connectivity index (χ4v) is 2.24. The summed E-state index contributed by atoms with van der Waals surface area (Å²) in [6.07, 6.45) is 6.07. The normalized spacial score (nSPS) is 18.9. The molecular formula is C14H29N3O. The van der Waals surface area contributed by atoms with Crippen molar-refractivity contribution in [3.63, 3.8) is 0 Å². The van der Waals surface area contributed by atoms with Gasteiger partial charge in [0.05, 0.1) is 0 Å². The van der Waals surface area contributed by atoms with Crippen molar-refractivity contribution < 1.29 is 5.21 Å². The van der Waals surface area contributed by atoms with Crippen LogP contribution in [0.5, 0.6) is 0 Å². The molecule has 4 N–H and O–H groups in total. The Morgan fingerprint density at radius 2 is 2.11 bits per heavy atom. The maximum atomic E-state index is 8.68. The van der Waals surface area contributed by atoms with Crippen LogP contribution in [0.2, 0.25) is 0 Å². The van der Waals surface area contributed by atoms with E-state index in [0.29, 0.717) is 5.84 Å². The van der Waals surface area contributed by atoms with Gasteiger partial charge < -0.3 is 16.3 Å². The Morgan fingerprint density at radius 1 is 1.44 bits per heavy atom. The zero-order chi connectivity index (χ0) is 13.6. The number of nitrogens with zero attached hydrogens (tertiary/aromatic N) is 1. The number of unbranched alkanes of at least 4 members (excludes halogenated alkanes) is 1. The van der Waals surface area contributed by atoms with E-state index in [1.807, 2.05) is 13.8 Å². The molecule has 106 valence electrons. The van der Waals surface area contributed by atoms with Crippen LogP contribution >= 0.6 is 0 Å². The highest BCUT2D eigenvalue weighted by Crippen LogP contribution is 2.36. The summed E-state index contributed by atoms with van der Waals surface area (Å²) in [7, 11) is 0. The molecule has 1 aliphatic rings. The maximum absolute atomic E-state index is 8.68. The molecule has 0 heterocycles. The second-order valence-electron chi connectivity index (χ2n) is 6.35. The summed E-state index contributed by atoms with van der Waals surface area (Å²) >= 11 is 0. The molecule has 0 aromatic heterocycles. The number of hydrogen-bond donors (Lipinski definition) is 3. The van der Waals surface area contributed by atoms with E-state index >= 15 is 0 Å². The summed E-state index contributed by atoms with van der Waals surface area (Å²) in [6, 6.07) is 0. The van der Waals surface area contributed by atoms with E-state index in [4.69, 9.17) is 10.9 Å². The van der Waals surface area contributed by atoms with Crippen molar-refractivity contribution in [2.45, 2.75) is 52.9 Å². The number of amidine groups is 1. The van der Waals surface area contributed by atoms with Crippen molar-refractivity contribution in [3.8, 4) is 0 Å². The van der Waals surface area contributed by atoms with Crippen LogP contribution in [0.25, 0.3) is 0 Å².